The second-order valence-electron chi connectivity index (χ2n) is 6.72. The number of dihydropyridines is 1. The average molecular weight is 375 g/mol. The quantitative estimate of drug-likeness (QED) is 0.629. The summed E-state index contributed by atoms with van der Waals surface area (Å²) in [5.41, 5.74) is 5.28. The first-order valence-corrected chi connectivity index (χ1v) is 9.57. The van der Waals surface area contributed by atoms with E-state index in [0.717, 1.165) is 38.6 Å². The van der Waals surface area contributed by atoms with E-state index < -0.39 is 0 Å². The van der Waals surface area contributed by atoms with Gasteiger partial charge in [-0.2, -0.15) is 5.26 Å². The number of aromatic nitrogens is 1. The van der Waals surface area contributed by atoms with Gasteiger partial charge >= 0.3 is 0 Å². The van der Waals surface area contributed by atoms with Crippen molar-refractivity contribution in [1.29, 1.82) is 5.26 Å². The van der Waals surface area contributed by atoms with Gasteiger partial charge in [-0.1, -0.05) is 30.3 Å². The average Bonchev–Trinajstić information content (AvgIpc) is 3.08. The lowest BCUT2D eigenvalue weighted by molar-refractivity contribution is 0.639. The first-order chi connectivity index (χ1) is 13.0. The maximum absolute atomic E-state index is 14.4. The zero-order valence-electron chi connectivity index (χ0n) is 15.3. The van der Waals surface area contributed by atoms with Gasteiger partial charge in [-0.05, 0) is 37.8 Å². The molecule has 2 aromatic carbocycles. The van der Waals surface area contributed by atoms with Crippen LogP contribution in [0.3, 0.4) is 0 Å². The molecule has 134 valence electrons. The van der Waals surface area contributed by atoms with E-state index >= 15 is 0 Å². The number of aryl methyl sites for hydroxylation is 1. The van der Waals surface area contributed by atoms with E-state index in [2.05, 4.69) is 16.4 Å². The lowest BCUT2D eigenvalue weighted by Gasteiger charge is -2.29. The molecule has 0 spiro atoms. The first-order valence-electron chi connectivity index (χ1n) is 8.69. The number of thiazole rings is 1. The van der Waals surface area contributed by atoms with Gasteiger partial charge in [0.25, 0.3) is 0 Å². The van der Waals surface area contributed by atoms with Crippen LogP contribution in [0, 0.1) is 24.1 Å². The van der Waals surface area contributed by atoms with Crippen LogP contribution in [-0.2, 0) is 0 Å². The number of rotatable bonds is 2. The smallest absolute Gasteiger partial charge is 0.131 e. The number of nitrogens with zero attached hydrogens (tertiary/aromatic N) is 2. The molecule has 1 aliphatic heterocycles. The van der Waals surface area contributed by atoms with Gasteiger partial charge in [0.05, 0.1) is 17.6 Å². The maximum Gasteiger partial charge on any atom is 0.131 e. The Morgan fingerprint density at radius 1 is 1.07 bits per heavy atom. The number of nitrogens with one attached hydrogen (secondary N) is 1. The van der Waals surface area contributed by atoms with Crippen LogP contribution in [0.15, 0.2) is 58.7 Å². The molecule has 1 aromatic heterocycles. The number of benzene rings is 2. The monoisotopic (exact) mass is 375 g/mol. The van der Waals surface area contributed by atoms with Crippen LogP contribution < -0.4 is 5.32 Å². The molecule has 1 N–H and O–H groups in total. The third-order valence-corrected chi connectivity index (χ3v) is 5.94. The molecule has 0 bridgehead atoms. The molecule has 0 radical (unpaired) electrons. The zero-order valence-corrected chi connectivity index (χ0v) is 16.1. The van der Waals surface area contributed by atoms with Gasteiger partial charge in [-0.15, -0.1) is 11.3 Å². The number of nitriles is 1. The highest BCUT2D eigenvalue weighted by Crippen LogP contribution is 2.45. The highest BCUT2D eigenvalue weighted by Gasteiger charge is 2.32. The highest BCUT2D eigenvalue weighted by atomic mass is 32.1. The molecule has 3 nitrogen and oxygen atoms in total. The fourth-order valence-corrected chi connectivity index (χ4v) is 4.68. The molecule has 27 heavy (non-hydrogen) atoms. The minimum absolute atomic E-state index is 0.255. The van der Waals surface area contributed by atoms with E-state index in [-0.39, 0.29) is 11.7 Å². The summed E-state index contributed by atoms with van der Waals surface area (Å²) < 4.78 is 14.4. The van der Waals surface area contributed by atoms with Crippen molar-refractivity contribution < 1.29 is 4.39 Å². The molecule has 0 fully saturated rings. The summed E-state index contributed by atoms with van der Waals surface area (Å²) in [5, 5.41) is 17.5. The number of fused-ring (bicyclic) bond motifs is 1. The second-order valence-corrected chi connectivity index (χ2v) is 7.58. The Kier molecular flexibility index (Phi) is 4.29. The first kappa shape index (κ1) is 17.4. The molecule has 0 saturated heterocycles. The lowest BCUT2D eigenvalue weighted by atomic mass is 9.79. The van der Waals surface area contributed by atoms with Crippen LogP contribution in [0.2, 0.25) is 0 Å². The van der Waals surface area contributed by atoms with Crippen molar-refractivity contribution in [2.45, 2.75) is 26.7 Å². The van der Waals surface area contributed by atoms with Crippen molar-refractivity contribution in [1.82, 2.24) is 10.3 Å². The number of halogens is 1. The fourth-order valence-electron chi connectivity index (χ4n) is 3.75. The van der Waals surface area contributed by atoms with Crippen molar-refractivity contribution in [2.24, 2.45) is 0 Å². The van der Waals surface area contributed by atoms with E-state index in [4.69, 9.17) is 0 Å². The summed E-state index contributed by atoms with van der Waals surface area (Å²) in [7, 11) is 0. The van der Waals surface area contributed by atoms with E-state index in [1.807, 2.05) is 44.4 Å². The predicted molar refractivity (Wildman–Crippen MR) is 108 cm³/mol. The van der Waals surface area contributed by atoms with Crippen molar-refractivity contribution >= 4 is 27.7 Å². The largest absolute Gasteiger partial charge is 0.362 e. The molecule has 1 atom stereocenters. The Labute approximate surface area is 161 Å². The summed E-state index contributed by atoms with van der Waals surface area (Å²) in [6, 6.07) is 13.1. The van der Waals surface area contributed by atoms with Gasteiger partial charge in [0.1, 0.15) is 10.8 Å². The van der Waals surface area contributed by atoms with Crippen LogP contribution in [-0.4, -0.2) is 4.98 Å². The third-order valence-electron chi connectivity index (χ3n) is 4.95. The molecular formula is C22H18FN3S. The van der Waals surface area contributed by atoms with Gasteiger partial charge in [-0.3, -0.25) is 0 Å². The SMILES string of the molecule is CC1=C(C#N)C(c2ccc(F)c3ccccc23)C(c2nc(C)cs2)=C(C)N1. The predicted octanol–water partition coefficient (Wildman–Crippen LogP) is 5.66. The Morgan fingerprint density at radius 3 is 2.48 bits per heavy atom. The van der Waals surface area contributed by atoms with E-state index in [1.165, 1.54) is 6.07 Å². The van der Waals surface area contributed by atoms with Gasteiger partial charge in [0, 0.05) is 33.4 Å². The van der Waals surface area contributed by atoms with E-state index in [0.29, 0.717) is 11.0 Å². The Morgan fingerprint density at radius 2 is 1.81 bits per heavy atom. The Bertz CT molecular complexity index is 1160. The molecule has 0 amide bonds. The molecule has 1 unspecified atom stereocenters. The molecule has 0 aliphatic carbocycles. The second kappa shape index (κ2) is 6.64. The normalized spacial score (nSPS) is 17.2. The molecule has 3 aromatic rings. The zero-order chi connectivity index (χ0) is 19.1. The van der Waals surface area contributed by atoms with Gasteiger partial charge in [0.15, 0.2) is 0 Å². The van der Waals surface area contributed by atoms with Gasteiger partial charge in [-0.25, -0.2) is 9.37 Å². The Hall–Kier alpha value is -2.97. The van der Waals surface area contributed by atoms with Crippen molar-refractivity contribution in [3.8, 4) is 6.07 Å². The molecule has 0 saturated carbocycles. The molecule has 2 heterocycles. The van der Waals surface area contributed by atoms with Crippen LogP contribution in [0.1, 0.15) is 36.0 Å². The molecular weight excluding hydrogens is 357 g/mol. The molecule has 5 heteroatoms. The standard InChI is InChI=1S/C22H18FN3S/c1-12-11-27-22(25-12)20-14(3)26-13(2)18(10-24)21(20)17-8-9-19(23)16-7-5-4-6-15(16)17/h4-9,11,21,26H,1-3H3. The van der Waals surface area contributed by atoms with E-state index in [1.54, 1.807) is 23.5 Å². The Balaban J connectivity index is 2.04. The summed E-state index contributed by atoms with van der Waals surface area (Å²) >= 11 is 1.57. The highest BCUT2D eigenvalue weighted by molar-refractivity contribution is 7.10. The number of hydrogen-bond acceptors (Lipinski definition) is 4. The van der Waals surface area contributed by atoms with E-state index in [9.17, 15) is 9.65 Å². The summed E-state index contributed by atoms with van der Waals surface area (Å²) in [5.74, 6) is -0.540. The minimum Gasteiger partial charge on any atom is -0.362 e. The fraction of sp³-hybridized carbons (Fsp3) is 0.182. The molecule has 4 rings (SSSR count). The summed E-state index contributed by atoms with van der Waals surface area (Å²) in [6.07, 6.45) is 0. The van der Waals surface area contributed by atoms with Crippen molar-refractivity contribution in [3.63, 3.8) is 0 Å². The lowest BCUT2D eigenvalue weighted by Crippen LogP contribution is -2.23. The third kappa shape index (κ3) is 2.83. The number of allylic oxidation sites excluding steroid dienone is 4. The summed E-state index contributed by atoms with van der Waals surface area (Å²) in [4.78, 5) is 4.67. The van der Waals surface area contributed by atoms with Gasteiger partial charge in [0.2, 0.25) is 0 Å². The van der Waals surface area contributed by atoms with Crippen LogP contribution in [0.5, 0.6) is 0 Å². The number of hydrogen-bond donors (Lipinski definition) is 1. The minimum atomic E-state index is -0.285. The molecule has 1 aliphatic rings. The van der Waals surface area contributed by atoms with Crippen LogP contribution >= 0.6 is 11.3 Å². The van der Waals surface area contributed by atoms with Crippen LogP contribution in [0.25, 0.3) is 16.3 Å². The van der Waals surface area contributed by atoms with Crippen molar-refractivity contribution in [3.05, 3.63) is 80.8 Å². The van der Waals surface area contributed by atoms with Crippen molar-refractivity contribution in [2.75, 3.05) is 0 Å². The van der Waals surface area contributed by atoms with Crippen LogP contribution in [0.4, 0.5) is 4.39 Å². The van der Waals surface area contributed by atoms with Gasteiger partial charge < -0.3 is 5.32 Å². The maximum atomic E-state index is 14.4. The summed E-state index contributed by atoms with van der Waals surface area (Å²) in [6.45, 7) is 5.87. The topological polar surface area (TPSA) is 48.7 Å².